The van der Waals surface area contributed by atoms with Crippen LogP contribution in [0.3, 0.4) is 0 Å². The summed E-state index contributed by atoms with van der Waals surface area (Å²) in [5, 5.41) is 0. The monoisotopic (exact) mass is 234 g/mol. The SMILES string of the molecule is CCOC(=O)CC(=O)CCc1ccc(C)cc1. The second-order valence-electron chi connectivity index (χ2n) is 4.01. The van der Waals surface area contributed by atoms with Gasteiger partial charge in [0.2, 0.25) is 0 Å². The molecule has 0 fully saturated rings. The van der Waals surface area contributed by atoms with Crippen LogP contribution in [0.5, 0.6) is 0 Å². The van der Waals surface area contributed by atoms with Crippen LogP contribution in [0, 0.1) is 6.92 Å². The molecular formula is C14H18O3. The summed E-state index contributed by atoms with van der Waals surface area (Å²) in [5.41, 5.74) is 2.32. The van der Waals surface area contributed by atoms with Crippen molar-refractivity contribution in [1.82, 2.24) is 0 Å². The fraction of sp³-hybridized carbons (Fsp3) is 0.429. The molecule has 3 heteroatoms. The molecule has 92 valence electrons. The van der Waals surface area contributed by atoms with E-state index in [-0.39, 0.29) is 12.2 Å². The maximum atomic E-state index is 11.5. The molecule has 0 atom stereocenters. The van der Waals surface area contributed by atoms with E-state index in [1.165, 1.54) is 5.56 Å². The molecule has 0 saturated heterocycles. The molecule has 3 nitrogen and oxygen atoms in total. The Labute approximate surface area is 102 Å². The van der Waals surface area contributed by atoms with Crippen molar-refractivity contribution in [2.45, 2.75) is 33.1 Å². The van der Waals surface area contributed by atoms with Crippen LogP contribution in [-0.2, 0) is 20.7 Å². The van der Waals surface area contributed by atoms with Crippen LogP contribution in [0.1, 0.15) is 30.9 Å². The lowest BCUT2D eigenvalue weighted by atomic mass is 10.0. The minimum absolute atomic E-state index is 0.0657. The number of carbonyl (C=O) groups excluding carboxylic acids is 2. The van der Waals surface area contributed by atoms with Crippen molar-refractivity contribution < 1.29 is 14.3 Å². The van der Waals surface area contributed by atoms with E-state index in [0.29, 0.717) is 19.4 Å². The smallest absolute Gasteiger partial charge is 0.313 e. The Kier molecular flexibility index (Phi) is 5.40. The van der Waals surface area contributed by atoms with Crippen LogP contribution in [0.15, 0.2) is 24.3 Å². The molecule has 0 unspecified atom stereocenters. The van der Waals surface area contributed by atoms with Crippen LogP contribution >= 0.6 is 0 Å². The predicted octanol–water partition coefficient (Wildman–Crippen LogP) is 2.45. The van der Waals surface area contributed by atoms with Crippen molar-refractivity contribution in [2.75, 3.05) is 6.61 Å². The molecule has 0 N–H and O–H groups in total. The maximum absolute atomic E-state index is 11.5. The molecule has 0 aliphatic carbocycles. The van der Waals surface area contributed by atoms with E-state index < -0.39 is 5.97 Å². The van der Waals surface area contributed by atoms with Gasteiger partial charge in [-0.2, -0.15) is 0 Å². The van der Waals surface area contributed by atoms with Crippen LogP contribution in [-0.4, -0.2) is 18.4 Å². The highest BCUT2D eigenvalue weighted by molar-refractivity contribution is 5.95. The first kappa shape index (κ1) is 13.4. The molecule has 1 aromatic rings. The van der Waals surface area contributed by atoms with Gasteiger partial charge < -0.3 is 4.74 Å². The molecule has 0 amide bonds. The van der Waals surface area contributed by atoms with Crippen molar-refractivity contribution in [3.63, 3.8) is 0 Å². The third kappa shape index (κ3) is 5.29. The summed E-state index contributed by atoms with van der Waals surface area (Å²) < 4.78 is 4.72. The van der Waals surface area contributed by atoms with Crippen LogP contribution < -0.4 is 0 Å². The van der Waals surface area contributed by atoms with Crippen molar-refractivity contribution in [2.24, 2.45) is 0 Å². The van der Waals surface area contributed by atoms with Crippen molar-refractivity contribution in [3.8, 4) is 0 Å². The molecular weight excluding hydrogens is 216 g/mol. The van der Waals surface area contributed by atoms with Gasteiger partial charge in [0.25, 0.3) is 0 Å². The Morgan fingerprint density at radius 2 is 1.82 bits per heavy atom. The fourth-order valence-electron chi connectivity index (χ4n) is 1.50. The molecule has 0 aromatic heterocycles. The molecule has 1 rings (SSSR count). The zero-order valence-corrected chi connectivity index (χ0v) is 10.4. The minimum Gasteiger partial charge on any atom is -0.466 e. The summed E-state index contributed by atoms with van der Waals surface area (Å²) in [6, 6.07) is 8.05. The highest BCUT2D eigenvalue weighted by Crippen LogP contribution is 2.07. The lowest BCUT2D eigenvalue weighted by Gasteiger charge is -2.02. The summed E-state index contributed by atoms with van der Waals surface area (Å²) in [6.45, 7) is 4.08. The van der Waals surface area contributed by atoms with Gasteiger partial charge in [-0.05, 0) is 25.8 Å². The van der Waals surface area contributed by atoms with E-state index >= 15 is 0 Å². The number of esters is 1. The highest BCUT2D eigenvalue weighted by Gasteiger charge is 2.09. The van der Waals surface area contributed by atoms with Crippen LogP contribution in [0.2, 0.25) is 0 Å². The van der Waals surface area contributed by atoms with E-state index in [9.17, 15) is 9.59 Å². The largest absolute Gasteiger partial charge is 0.466 e. The summed E-state index contributed by atoms with van der Waals surface area (Å²) in [5.74, 6) is -0.495. The predicted molar refractivity (Wildman–Crippen MR) is 65.8 cm³/mol. The van der Waals surface area contributed by atoms with Gasteiger partial charge in [-0.3, -0.25) is 9.59 Å². The number of rotatable bonds is 6. The van der Waals surface area contributed by atoms with E-state index in [1.807, 2.05) is 31.2 Å². The summed E-state index contributed by atoms with van der Waals surface area (Å²) in [7, 11) is 0. The van der Waals surface area contributed by atoms with Gasteiger partial charge in [-0.15, -0.1) is 0 Å². The van der Waals surface area contributed by atoms with E-state index in [0.717, 1.165) is 5.56 Å². The molecule has 0 aliphatic heterocycles. The van der Waals surface area contributed by atoms with E-state index in [2.05, 4.69) is 0 Å². The fourth-order valence-corrected chi connectivity index (χ4v) is 1.50. The van der Waals surface area contributed by atoms with Crippen molar-refractivity contribution in [1.29, 1.82) is 0 Å². The Morgan fingerprint density at radius 3 is 2.41 bits per heavy atom. The molecule has 0 aliphatic rings. The number of hydrogen-bond acceptors (Lipinski definition) is 3. The second kappa shape index (κ2) is 6.84. The standard InChI is InChI=1S/C14H18O3/c1-3-17-14(16)10-13(15)9-8-12-6-4-11(2)5-7-12/h4-7H,3,8-10H2,1-2H3. The highest BCUT2D eigenvalue weighted by atomic mass is 16.5. The first-order valence-electron chi connectivity index (χ1n) is 5.84. The topological polar surface area (TPSA) is 43.4 Å². The van der Waals surface area contributed by atoms with Gasteiger partial charge in [0, 0.05) is 6.42 Å². The van der Waals surface area contributed by atoms with Gasteiger partial charge in [0.15, 0.2) is 0 Å². The molecule has 0 bridgehead atoms. The normalized spacial score (nSPS) is 10.0. The maximum Gasteiger partial charge on any atom is 0.313 e. The Morgan fingerprint density at radius 1 is 1.18 bits per heavy atom. The summed E-state index contributed by atoms with van der Waals surface area (Å²) in [6.07, 6.45) is 0.958. The first-order valence-corrected chi connectivity index (χ1v) is 5.84. The molecule has 1 aromatic carbocycles. The van der Waals surface area contributed by atoms with Crippen LogP contribution in [0.25, 0.3) is 0 Å². The average Bonchev–Trinajstić information content (AvgIpc) is 2.28. The van der Waals surface area contributed by atoms with Gasteiger partial charge in [-0.1, -0.05) is 29.8 Å². The molecule has 0 spiro atoms. The van der Waals surface area contributed by atoms with Gasteiger partial charge >= 0.3 is 5.97 Å². The lowest BCUT2D eigenvalue weighted by molar-refractivity contribution is -0.145. The van der Waals surface area contributed by atoms with Crippen molar-refractivity contribution >= 4 is 11.8 Å². The Balaban J connectivity index is 2.33. The zero-order valence-electron chi connectivity index (χ0n) is 10.4. The Hall–Kier alpha value is -1.64. The van der Waals surface area contributed by atoms with Crippen molar-refractivity contribution in [3.05, 3.63) is 35.4 Å². The zero-order chi connectivity index (χ0) is 12.7. The average molecular weight is 234 g/mol. The summed E-state index contributed by atoms with van der Waals surface area (Å²) >= 11 is 0. The number of ether oxygens (including phenoxy) is 1. The third-order valence-corrected chi connectivity index (χ3v) is 2.46. The number of carbonyl (C=O) groups is 2. The number of aryl methyl sites for hydroxylation is 2. The minimum atomic E-state index is -0.429. The van der Waals surface area contributed by atoms with Gasteiger partial charge in [0.05, 0.1) is 6.61 Å². The number of ketones is 1. The molecule has 0 heterocycles. The van der Waals surface area contributed by atoms with Gasteiger partial charge in [0.1, 0.15) is 12.2 Å². The molecule has 0 radical (unpaired) electrons. The first-order chi connectivity index (χ1) is 8.11. The molecule has 0 saturated carbocycles. The molecule has 17 heavy (non-hydrogen) atoms. The number of benzene rings is 1. The van der Waals surface area contributed by atoms with Crippen LogP contribution in [0.4, 0.5) is 0 Å². The van der Waals surface area contributed by atoms with E-state index in [4.69, 9.17) is 4.74 Å². The third-order valence-electron chi connectivity index (χ3n) is 2.46. The number of Topliss-reactive ketones (excluding diaryl/α,β-unsaturated/α-hetero) is 1. The number of hydrogen-bond donors (Lipinski definition) is 0. The lowest BCUT2D eigenvalue weighted by Crippen LogP contribution is -2.11. The summed E-state index contributed by atoms with van der Waals surface area (Å²) in [4.78, 5) is 22.5. The van der Waals surface area contributed by atoms with E-state index in [1.54, 1.807) is 6.92 Å². The Bertz CT molecular complexity index is 379. The van der Waals surface area contributed by atoms with Gasteiger partial charge in [-0.25, -0.2) is 0 Å². The second-order valence-corrected chi connectivity index (χ2v) is 4.01. The quantitative estimate of drug-likeness (QED) is 0.561.